The maximum atomic E-state index is 10.7. The Morgan fingerprint density at radius 1 is 1.21 bits per heavy atom. The van der Waals surface area contributed by atoms with E-state index in [1.165, 1.54) is 7.11 Å². The van der Waals surface area contributed by atoms with Crippen LogP contribution in [0.3, 0.4) is 0 Å². The number of nitrogens with zero attached hydrogens (tertiary/aromatic N) is 7. The molecule has 1 aliphatic heterocycles. The SMILES string of the molecule is C=N/C(=N\C(=N/C)c1ccc(-c2cnc(N(C)C3CC(C)(C)NC(C)(C)C3)nn2)c(O)c1)OC. The molecule has 34 heavy (non-hydrogen) atoms. The summed E-state index contributed by atoms with van der Waals surface area (Å²) in [7, 11) is 5.04. The monoisotopic (exact) mass is 466 g/mol. The number of ether oxygens (including phenoxy) is 1. The van der Waals surface area contributed by atoms with Crippen molar-refractivity contribution in [3.8, 4) is 17.0 Å². The molecule has 2 aromatic rings. The van der Waals surface area contributed by atoms with E-state index in [1.54, 1.807) is 31.4 Å². The molecule has 0 radical (unpaired) electrons. The Kier molecular flexibility index (Phi) is 7.30. The maximum Gasteiger partial charge on any atom is 0.317 e. The summed E-state index contributed by atoms with van der Waals surface area (Å²) in [6.07, 6.45) is 3.56. The zero-order valence-corrected chi connectivity index (χ0v) is 21.0. The number of methoxy groups -OCH3 is 1. The summed E-state index contributed by atoms with van der Waals surface area (Å²) in [4.78, 5) is 18.6. The Balaban J connectivity index is 1.82. The summed E-state index contributed by atoms with van der Waals surface area (Å²) in [6, 6.07) is 5.42. The molecule has 0 bridgehead atoms. The summed E-state index contributed by atoms with van der Waals surface area (Å²) in [6.45, 7) is 12.3. The number of piperidine rings is 1. The second-order valence-electron chi connectivity index (χ2n) is 9.74. The number of amidine groups is 2. The van der Waals surface area contributed by atoms with E-state index in [-0.39, 0.29) is 28.9 Å². The highest BCUT2D eigenvalue weighted by molar-refractivity contribution is 6.06. The van der Waals surface area contributed by atoms with Gasteiger partial charge in [-0.15, -0.1) is 10.2 Å². The minimum absolute atomic E-state index is 0.0119. The molecular formula is C24H34N8O2. The van der Waals surface area contributed by atoms with E-state index in [4.69, 9.17) is 4.74 Å². The first-order valence-corrected chi connectivity index (χ1v) is 11.1. The number of phenolic OH excluding ortho intramolecular Hbond substituents is 1. The lowest BCUT2D eigenvalue weighted by atomic mass is 9.79. The average molecular weight is 467 g/mol. The van der Waals surface area contributed by atoms with Crippen LogP contribution < -0.4 is 10.2 Å². The number of hydrogen-bond acceptors (Lipinski definition) is 8. The molecule has 1 aromatic heterocycles. The molecule has 10 nitrogen and oxygen atoms in total. The van der Waals surface area contributed by atoms with Gasteiger partial charge < -0.3 is 20.1 Å². The maximum absolute atomic E-state index is 10.7. The van der Waals surface area contributed by atoms with Crippen molar-refractivity contribution >= 4 is 24.5 Å². The quantitative estimate of drug-likeness (QED) is 0.525. The van der Waals surface area contributed by atoms with Crippen LogP contribution in [-0.4, -0.2) is 77.2 Å². The number of aromatic nitrogens is 3. The number of rotatable bonds is 4. The predicted molar refractivity (Wildman–Crippen MR) is 136 cm³/mol. The lowest BCUT2D eigenvalue weighted by Gasteiger charge is -2.48. The lowest BCUT2D eigenvalue weighted by molar-refractivity contribution is 0.160. The molecule has 10 heteroatoms. The third-order valence-corrected chi connectivity index (χ3v) is 5.84. The molecule has 1 saturated heterocycles. The molecule has 3 rings (SSSR count). The highest BCUT2D eigenvalue weighted by Gasteiger charge is 2.39. The molecule has 1 aliphatic rings. The lowest BCUT2D eigenvalue weighted by Crippen LogP contribution is -2.62. The minimum Gasteiger partial charge on any atom is -0.507 e. The summed E-state index contributed by atoms with van der Waals surface area (Å²) in [5, 5.41) is 23.0. The van der Waals surface area contributed by atoms with Crippen LogP contribution >= 0.6 is 0 Å². The normalized spacial score (nSPS) is 18.4. The first-order chi connectivity index (χ1) is 16.0. The van der Waals surface area contributed by atoms with Gasteiger partial charge in [-0.05, 0) is 59.4 Å². The topological polar surface area (TPSA) is 120 Å². The molecule has 0 amide bonds. The Bertz CT molecular complexity index is 1080. The molecule has 0 aliphatic carbocycles. The van der Waals surface area contributed by atoms with Crippen molar-refractivity contribution in [3.05, 3.63) is 30.0 Å². The van der Waals surface area contributed by atoms with Crippen molar-refractivity contribution in [3.63, 3.8) is 0 Å². The number of phenols is 1. The second kappa shape index (κ2) is 9.84. The van der Waals surface area contributed by atoms with E-state index in [9.17, 15) is 5.11 Å². The Labute approximate surface area is 200 Å². The van der Waals surface area contributed by atoms with Gasteiger partial charge in [0, 0.05) is 42.3 Å². The number of hydrogen-bond donors (Lipinski definition) is 2. The highest BCUT2D eigenvalue weighted by atomic mass is 16.5. The number of anilines is 1. The third-order valence-electron chi connectivity index (χ3n) is 5.84. The van der Waals surface area contributed by atoms with Crippen molar-refractivity contribution in [1.82, 2.24) is 20.5 Å². The van der Waals surface area contributed by atoms with Crippen LogP contribution in [0.25, 0.3) is 11.3 Å². The van der Waals surface area contributed by atoms with Crippen LogP contribution in [0, 0.1) is 0 Å². The molecule has 2 heterocycles. The first kappa shape index (κ1) is 25.2. The van der Waals surface area contributed by atoms with Crippen molar-refractivity contribution in [1.29, 1.82) is 0 Å². The van der Waals surface area contributed by atoms with Gasteiger partial charge in [-0.3, -0.25) is 4.99 Å². The summed E-state index contributed by atoms with van der Waals surface area (Å²) in [5.74, 6) is 0.913. The van der Waals surface area contributed by atoms with E-state index < -0.39 is 0 Å². The molecule has 2 N–H and O–H groups in total. The van der Waals surface area contributed by atoms with Gasteiger partial charge in [-0.25, -0.2) is 9.98 Å². The molecule has 0 spiro atoms. The van der Waals surface area contributed by atoms with Gasteiger partial charge in [0.05, 0.1) is 13.3 Å². The van der Waals surface area contributed by atoms with Crippen LogP contribution in [0.2, 0.25) is 0 Å². The van der Waals surface area contributed by atoms with Crippen LogP contribution in [0.1, 0.15) is 46.1 Å². The molecule has 1 fully saturated rings. The van der Waals surface area contributed by atoms with Gasteiger partial charge in [0.2, 0.25) is 5.95 Å². The van der Waals surface area contributed by atoms with Gasteiger partial charge in [-0.2, -0.15) is 4.99 Å². The molecule has 0 atom stereocenters. The van der Waals surface area contributed by atoms with Crippen molar-refractivity contribution in [2.45, 2.75) is 57.7 Å². The summed E-state index contributed by atoms with van der Waals surface area (Å²) < 4.78 is 5.02. The van der Waals surface area contributed by atoms with E-state index in [0.29, 0.717) is 28.6 Å². The second-order valence-corrected chi connectivity index (χ2v) is 9.74. The van der Waals surface area contributed by atoms with Crippen LogP contribution in [0.15, 0.2) is 39.4 Å². The molecule has 1 aromatic carbocycles. The molecule has 182 valence electrons. The van der Waals surface area contributed by atoms with Gasteiger partial charge in [0.15, 0.2) is 5.84 Å². The van der Waals surface area contributed by atoms with Gasteiger partial charge in [0.1, 0.15) is 11.4 Å². The summed E-state index contributed by atoms with van der Waals surface area (Å²) >= 11 is 0. The van der Waals surface area contributed by atoms with Gasteiger partial charge >= 0.3 is 6.02 Å². The largest absolute Gasteiger partial charge is 0.507 e. The standard InChI is InChI=1S/C24H34N8O2/c1-23(2)12-16(13-24(3,4)31-23)32(7)21-27-14-18(29-30-21)17-10-9-15(11-19(17)33)20(25-5)28-22(26-6)34-8/h9-11,14,16,31,33H,6,12-13H2,1-5,7-8H3/b25-20-,28-22+. The Hall–Kier alpha value is -3.40. The Morgan fingerprint density at radius 3 is 2.38 bits per heavy atom. The average Bonchev–Trinajstić information content (AvgIpc) is 2.77. The number of benzene rings is 1. The van der Waals surface area contributed by atoms with E-state index >= 15 is 0 Å². The van der Waals surface area contributed by atoms with Crippen LogP contribution in [0.5, 0.6) is 5.75 Å². The van der Waals surface area contributed by atoms with Crippen molar-refractivity contribution in [2.75, 3.05) is 26.1 Å². The number of nitrogens with one attached hydrogen (secondary N) is 1. The summed E-state index contributed by atoms with van der Waals surface area (Å²) in [5.41, 5.74) is 1.59. The fourth-order valence-corrected chi connectivity index (χ4v) is 4.63. The first-order valence-electron chi connectivity index (χ1n) is 11.1. The fourth-order valence-electron chi connectivity index (χ4n) is 4.63. The van der Waals surface area contributed by atoms with E-state index in [0.717, 1.165) is 12.8 Å². The van der Waals surface area contributed by atoms with Gasteiger partial charge in [0.25, 0.3) is 0 Å². The smallest absolute Gasteiger partial charge is 0.317 e. The molecule has 0 saturated carbocycles. The third kappa shape index (κ3) is 5.74. The number of aromatic hydroxyl groups is 1. The molecule has 0 unspecified atom stereocenters. The zero-order valence-electron chi connectivity index (χ0n) is 21.0. The van der Waals surface area contributed by atoms with Crippen molar-refractivity contribution in [2.24, 2.45) is 15.0 Å². The van der Waals surface area contributed by atoms with Gasteiger partial charge in [-0.1, -0.05) is 6.07 Å². The van der Waals surface area contributed by atoms with Crippen LogP contribution in [0.4, 0.5) is 5.95 Å². The van der Waals surface area contributed by atoms with Crippen molar-refractivity contribution < 1.29 is 9.84 Å². The Morgan fingerprint density at radius 2 is 1.88 bits per heavy atom. The predicted octanol–water partition coefficient (Wildman–Crippen LogP) is 3.07. The van der Waals surface area contributed by atoms with E-state index in [2.05, 4.69) is 74.8 Å². The minimum atomic E-state index is 0.0119. The fraction of sp³-hybridized carbons (Fsp3) is 0.500. The number of aliphatic imine (C=N–C) groups is 3. The van der Waals surface area contributed by atoms with Crippen LogP contribution in [-0.2, 0) is 4.74 Å². The highest BCUT2D eigenvalue weighted by Crippen LogP contribution is 2.33. The zero-order chi connectivity index (χ0) is 25.1. The molecular weight excluding hydrogens is 432 g/mol. The van der Waals surface area contributed by atoms with E-state index in [1.807, 2.05) is 7.05 Å².